The second-order valence-corrected chi connectivity index (χ2v) is 6.25. The molecule has 138 valence electrons. The third-order valence-electron chi connectivity index (χ3n) is 4.14. The van der Waals surface area contributed by atoms with Crippen LogP contribution in [0, 0.1) is 5.92 Å². The Bertz CT molecular complexity index is 610. The standard InChI is InChI=1S/C17H21F2NO5/c1-10-7-13(21)14(22)8-17(18,19)16(24)20-12(9-25-15(10)23)11-5-3-2-4-6-11/h2-6,10,12-14,21-22H,7-9H2,1H3,(H,20,24)/t10-,12?,13+,14+/m1/s1. The zero-order chi connectivity index (χ0) is 18.6. The number of aliphatic hydroxyl groups excluding tert-OH is 2. The molecule has 1 aliphatic heterocycles. The molecule has 1 unspecified atom stereocenters. The Morgan fingerprint density at radius 2 is 1.80 bits per heavy atom. The van der Waals surface area contributed by atoms with Crippen molar-refractivity contribution in [1.29, 1.82) is 0 Å². The molecule has 1 saturated heterocycles. The van der Waals surface area contributed by atoms with E-state index in [1.807, 2.05) is 0 Å². The average molecular weight is 357 g/mol. The van der Waals surface area contributed by atoms with Gasteiger partial charge in [-0.1, -0.05) is 37.3 Å². The van der Waals surface area contributed by atoms with Crippen LogP contribution < -0.4 is 5.32 Å². The molecule has 2 rings (SSSR count). The number of alkyl halides is 2. The number of ether oxygens (including phenoxy) is 1. The van der Waals surface area contributed by atoms with E-state index < -0.39 is 48.4 Å². The van der Waals surface area contributed by atoms with Gasteiger partial charge >= 0.3 is 11.9 Å². The lowest BCUT2D eigenvalue weighted by atomic mass is 9.96. The summed E-state index contributed by atoms with van der Waals surface area (Å²) in [6.45, 7) is 1.16. The van der Waals surface area contributed by atoms with Gasteiger partial charge < -0.3 is 20.3 Å². The molecule has 0 aromatic heterocycles. The molecule has 1 fully saturated rings. The Kier molecular flexibility index (Phi) is 6.07. The van der Waals surface area contributed by atoms with Gasteiger partial charge in [0.05, 0.1) is 24.2 Å². The van der Waals surface area contributed by atoms with E-state index in [1.165, 1.54) is 6.92 Å². The molecule has 3 N–H and O–H groups in total. The maximum atomic E-state index is 14.1. The quantitative estimate of drug-likeness (QED) is 0.656. The molecule has 1 aromatic carbocycles. The molecule has 0 saturated carbocycles. The van der Waals surface area contributed by atoms with Gasteiger partial charge in [0.1, 0.15) is 6.61 Å². The van der Waals surface area contributed by atoms with Gasteiger partial charge in [0.25, 0.3) is 5.91 Å². The summed E-state index contributed by atoms with van der Waals surface area (Å²) in [5.41, 5.74) is 0.504. The molecule has 1 aromatic rings. The number of hydrogen-bond acceptors (Lipinski definition) is 5. The van der Waals surface area contributed by atoms with Crippen LogP contribution >= 0.6 is 0 Å². The minimum absolute atomic E-state index is 0.242. The number of esters is 1. The minimum Gasteiger partial charge on any atom is -0.463 e. The largest absolute Gasteiger partial charge is 0.463 e. The number of cyclic esters (lactones) is 1. The van der Waals surface area contributed by atoms with E-state index in [4.69, 9.17) is 4.74 Å². The zero-order valence-electron chi connectivity index (χ0n) is 13.7. The second-order valence-electron chi connectivity index (χ2n) is 6.25. The average Bonchev–Trinajstić information content (AvgIpc) is 2.57. The van der Waals surface area contributed by atoms with Gasteiger partial charge in [0.15, 0.2) is 0 Å². The number of rotatable bonds is 1. The van der Waals surface area contributed by atoms with Gasteiger partial charge in [0, 0.05) is 6.42 Å². The molecule has 4 atom stereocenters. The van der Waals surface area contributed by atoms with E-state index in [2.05, 4.69) is 5.32 Å². The monoisotopic (exact) mass is 357 g/mol. The van der Waals surface area contributed by atoms with Crippen molar-refractivity contribution in [2.45, 2.75) is 43.9 Å². The molecule has 1 heterocycles. The van der Waals surface area contributed by atoms with Crippen LogP contribution in [0.5, 0.6) is 0 Å². The molecule has 0 bridgehead atoms. The van der Waals surface area contributed by atoms with E-state index in [-0.39, 0.29) is 13.0 Å². The molecule has 8 heteroatoms. The Labute approximate surface area is 143 Å². The summed E-state index contributed by atoms with van der Waals surface area (Å²) in [6.07, 6.45) is -4.88. The van der Waals surface area contributed by atoms with Crippen LogP contribution in [0.15, 0.2) is 30.3 Å². The van der Waals surface area contributed by atoms with Gasteiger partial charge in [-0.25, -0.2) is 0 Å². The van der Waals surface area contributed by atoms with Crippen molar-refractivity contribution < 1.29 is 33.3 Å². The van der Waals surface area contributed by atoms with Crippen LogP contribution in [0.25, 0.3) is 0 Å². The minimum atomic E-state index is -3.88. The third-order valence-corrected chi connectivity index (χ3v) is 4.14. The number of benzene rings is 1. The highest BCUT2D eigenvalue weighted by Crippen LogP contribution is 2.26. The van der Waals surface area contributed by atoms with E-state index in [1.54, 1.807) is 30.3 Å². The van der Waals surface area contributed by atoms with Crippen LogP contribution in [0.3, 0.4) is 0 Å². The lowest BCUT2D eigenvalue weighted by Crippen LogP contribution is -2.47. The molecular formula is C17H21F2NO5. The van der Waals surface area contributed by atoms with Crippen molar-refractivity contribution in [2.24, 2.45) is 5.92 Å². The van der Waals surface area contributed by atoms with Crippen LogP contribution in [0.1, 0.15) is 31.4 Å². The first-order valence-electron chi connectivity index (χ1n) is 7.97. The summed E-state index contributed by atoms with van der Waals surface area (Å²) < 4.78 is 33.3. The fourth-order valence-electron chi connectivity index (χ4n) is 2.59. The van der Waals surface area contributed by atoms with Gasteiger partial charge in [-0.2, -0.15) is 8.78 Å². The second kappa shape index (κ2) is 7.88. The molecule has 25 heavy (non-hydrogen) atoms. The topological polar surface area (TPSA) is 95.9 Å². The Balaban J connectivity index is 2.28. The zero-order valence-corrected chi connectivity index (χ0v) is 13.7. The highest BCUT2D eigenvalue weighted by atomic mass is 19.3. The van der Waals surface area contributed by atoms with Crippen molar-refractivity contribution in [2.75, 3.05) is 6.61 Å². The maximum Gasteiger partial charge on any atom is 0.327 e. The highest BCUT2D eigenvalue weighted by Gasteiger charge is 2.44. The Morgan fingerprint density at radius 1 is 1.16 bits per heavy atom. The lowest BCUT2D eigenvalue weighted by molar-refractivity contribution is -0.160. The molecular weight excluding hydrogens is 336 g/mol. The predicted octanol–water partition coefficient (Wildman–Crippen LogP) is 1.17. The van der Waals surface area contributed by atoms with Gasteiger partial charge in [0.2, 0.25) is 0 Å². The van der Waals surface area contributed by atoms with E-state index >= 15 is 0 Å². The Hall–Kier alpha value is -2.06. The van der Waals surface area contributed by atoms with Crippen LogP contribution in [0.4, 0.5) is 8.78 Å². The number of aliphatic hydroxyl groups is 2. The molecule has 0 spiro atoms. The Morgan fingerprint density at radius 3 is 2.44 bits per heavy atom. The van der Waals surface area contributed by atoms with Crippen LogP contribution in [0.2, 0.25) is 0 Å². The predicted molar refractivity (Wildman–Crippen MR) is 83.6 cm³/mol. The number of halogens is 2. The molecule has 0 aliphatic carbocycles. The molecule has 1 aliphatic rings. The van der Waals surface area contributed by atoms with Gasteiger partial charge in [-0.3, -0.25) is 9.59 Å². The first-order chi connectivity index (χ1) is 11.7. The smallest absolute Gasteiger partial charge is 0.327 e. The van der Waals surface area contributed by atoms with Crippen molar-refractivity contribution in [3.8, 4) is 0 Å². The van der Waals surface area contributed by atoms with E-state index in [0.29, 0.717) is 5.56 Å². The lowest BCUT2D eigenvalue weighted by Gasteiger charge is -2.28. The van der Waals surface area contributed by atoms with Crippen molar-refractivity contribution in [3.05, 3.63) is 35.9 Å². The van der Waals surface area contributed by atoms with Crippen molar-refractivity contribution >= 4 is 11.9 Å². The third kappa shape index (κ3) is 4.96. The maximum absolute atomic E-state index is 14.1. The van der Waals surface area contributed by atoms with Crippen LogP contribution in [-0.4, -0.2) is 46.8 Å². The summed E-state index contributed by atoms with van der Waals surface area (Å²) in [5.74, 6) is -6.91. The first-order valence-corrected chi connectivity index (χ1v) is 7.97. The summed E-state index contributed by atoms with van der Waals surface area (Å²) in [5, 5.41) is 21.7. The fraction of sp³-hybridized carbons (Fsp3) is 0.529. The highest BCUT2D eigenvalue weighted by molar-refractivity contribution is 5.84. The van der Waals surface area contributed by atoms with Crippen molar-refractivity contribution in [3.63, 3.8) is 0 Å². The first kappa shape index (κ1) is 19.3. The summed E-state index contributed by atoms with van der Waals surface area (Å²) in [4.78, 5) is 23.9. The van der Waals surface area contributed by atoms with Crippen molar-refractivity contribution in [1.82, 2.24) is 5.32 Å². The fourth-order valence-corrected chi connectivity index (χ4v) is 2.59. The molecule has 0 radical (unpaired) electrons. The summed E-state index contributed by atoms with van der Waals surface area (Å²) in [7, 11) is 0. The van der Waals surface area contributed by atoms with Gasteiger partial charge in [-0.05, 0) is 12.0 Å². The van der Waals surface area contributed by atoms with E-state index in [9.17, 15) is 28.6 Å². The normalized spacial score (nSPS) is 31.2. The SMILES string of the molecule is C[C@@H]1C[C@H](O)[C@@H](O)CC(F)(F)C(=O)NC(c2ccccc2)COC1=O. The number of nitrogens with one attached hydrogen (secondary N) is 1. The molecule has 1 amide bonds. The summed E-state index contributed by atoms with van der Waals surface area (Å²) in [6, 6.07) is 7.34. The molecule has 6 nitrogen and oxygen atoms in total. The number of carbonyl (C=O) groups is 2. The van der Waals surface area contributed by atoms with E-state index in [0.717, 1.165) is 0 Å². The number of carbonyl (C=O) groups excluding carboxylic acids is 2. The summed E-state index contributed by atoms with van der Waals surface area (Å²) >= 11 is 0. The number of hydrogen-bond donors (Lipinski definition) is 3. The number of amides is 1. The van der Waals surface area contributed by atoms with Crippen LogP contribution in [-0.2, 0) is 14.3 Å². The van der Waals surface area contributed by atoms with Gasteiger partial charge in [-0.15, -0.1) is 0 Å².